The van der Waals surface area contributed by atoms with Crippen molar-refractivity contribution in [3.05, 3.63) is 12.7 Å². The van der Waals surface area contributed by atoms with E-state index in [0.717, 1.165) is 17.7 Å². The summed E-state index contributed by atoms with van der Waals surface area (Å²) in [6, 6.07) is 0. The van der Waals surface area contributed by atoms with Crippen LogP contribution in [0.5, 0.6) is 0 Å². The maximum atomic E-state index is 3.67. The number of allylic oxidation sites excluding steroid dienone is 1. The van der Waals surface area contributed by atoms with Crippen molar-refractivity contribution in [1.82, 2.24) is 0 Å². The average Bonchev–Trinajstić information content (AvgIpc) is 1.89. The fraction of sp³-hybridized carbons (Fsp3) is 0.750. The van der Waals surface area contributed by atoms with E-state index >= 15 is 0 Å². The van der Waals surface area contributed by atoms with Crippen molar-refractivity contribution in [2.24, 2.45) is 5.92 Å². The summed E-state index contributed by atoms with van der Waals surface area (Å²) in [7, 11) is 0. The zero-order valence-electron chi connectivity index (χ0n) is 6.07. The van der Waals surface area contributed by atoms with Gasteiger partial charge in [-0.3, -0.25) is 0 Å². The molecular formula is C8H15Br. The Hall–Kier alpha value is 0.220. The zero-order valence-corrected chi connectivity index (χ0v) is 7.65. The van der Waals surface area contributed by atoms with E-state index in [9.17, 15) is 0 Å². The van der Waals surface area contributed by atoms with Gasteiger partial charge in [-0.25, -0.2) is 0 Å². The molecule has 0 aliphatic carbocycles. The number of halogens is 1. The number of hydrogen-bond donors (Lipinski definition) is 0. The summed E-state index contributed by atoms with van der Waals surface area (Å²) in [6.45, 7) is 5.93. The molecule has 0 bridgehead atoms. The first kappa shape index (κ1) is 9.22. The topological polar surface area (TPSA) is 0 Å². The minimum absolute atomic E-state index is 0.824. The fourth-order valence-electron chi connectivity index (χ4n) is 0.688. The summed E-state index contributed by atoms with van der Waals surface area (Å²) in [5.74, 6) is 0.824. The predicted octanol–water partition coefficient (Wildman–Crippen LogP) is 3.37. The van der Waals surface area contributed by atoms with Crippen LogP contribution in [0.25, 0.3) is 0 Å². The molecule has 0 radical (unpaired) electrons. The second kappa shape index (κ2) is 6.34. The minimum atomic E-state index is 0.824. The molecule has 1 atom stereocenters. The Labute approximate surface area is 66.5 Å². The third-order valence-corrected chi connectivity index (χ3v) is 2.47. The van der Waals surface area contributed by atoms with Crippen molar-refractivity contribution in [2.45, 2.75) is 26.2 Å². The second-order valence-electron chi connectivity index (χ2n) is 2.48. The van der Waals surface area contributed by atoms with Crippen molar-refractivity contribution in [3.63, 3.8) is 0 Å². The largest absolute Gasteiger partial charge is 0.103 e. The molecule has 0 aromatic carbocycles. The predicted molar refractivity (Wildman–Crippen MR) is 47.0 cm³/mol. The van der Waals surface area contributed by atoms with Gasteiger partial charge in [-0.1, -0.05) is 28.9 Å². The smallest absolute Gasteiger partial charge is 0.00570 e. The van der Waals surface area contributed by atoms with Gasteiger partial charge in [0.05, 0.1) is 0 Å². The molecule has 54 valence electrons. The lowest BCUT2D eigenvalue weighted by Crippen LogP contribution is -1.93. The standard InChI is InChI=1S/C8H15Br/c1-3-4-5-6-8(2)7-9/h3,8H,1,4-7H2,2H3/t8-/m1/s1. The summed E-state index contributed by atoms with van der Waals surface area (Å²) < 4.78 is 0. The summed E-state index contributed by atoms with van der Waals surface area (Å²) in [6.07, 6.45) is 5.76. The van der Waals surface area contributed by atoms with E-state index in [1.54, 1.807) is 0 Å². The van der Waals surface area contributed by atoms with Gasteiger partial charge in [-0.05, 0) is 25.2 Å². The van der Waals surface area contributed by atoms with Crippen LogP contribution in [-0.2, 0) is 0 Å². The summed E-state index contributed by atoms with van der Waals surface area (Å²) in [4.78, 5) is 0. The maximum absolute atomic E-state index is 3.67. The Morgan fingerprint density at radius 3 is 2.78 bits per heavy atom. The Bertz CT molecular complexity index is 69.0. The maximum Gasteiger partial charge on any atom is 0.00570 e. The van der Waals surface area contributed by atoms with E-state index in [1.807, 2.05) is 6.08 Å². The molecule has 0 aliphatic heterocycles. The van der Waals surface area contributed by atoms with Crippen molar-refractivity contribution in [1.29, 1.82) is 0 Å². The molecule has 0 spiro atoms. The van der Waals surface area contributed by atoms with Gasteiger partial charge in [0, 0.05) is 5.33 Å². The van der Waals surface area contributed by atoms with E-state index < -0.39 is 0 Å². The van der Waals surface area contributed by atoms with Gasteiger partial charge < -0.3 is 0 Å². The highest BCUT2D eigenvalue weighted by atomic mass is 79.9. The molecule has 0 fully saturated rings. The molecule has 0 saturated carbocycles. The van der Waals surface area contributed by atoms with Crippen LogP contribution in [0, 0.1) is 5.92 Å². The summed E-state index contributed by atoms with van der Waals surface area (Å²) in [5, 5.41) is 1.13. The van der Waals surface area contributed by atoms with Crippen molar-refractivity contribution < 1.29 is 0 Å². The molecule has 0 aromatic rings. The molecule has 9 heavy (non-hydrogen) atoms. The van der Waals surface area contributed by atoms with Crippen LogP contribution in [0.1, 0.15) is 26.2 Å². The van der Waals surface area contributed by atoms with E-state index in [0.29, 0.717) is 0 Å². The molecule has 0 rings (SSSR count). The third-order valence-electron chi connectivity index (χ3n) is 1.37. The molecule has 0 aliphatic rings. The van der Waals surface area contributed by atoms with Gasteiger partial charge in [0.1, 0.15) is 0 Å². The van der Waals surface area contributed by atoms with Crippen molar-refractivity contribution >= 4 is 15.9 Å². The number of rotatable bonds is 5. The molecule has 0 unspecified atom stereocenters. The zero-order chi connectivity index (χ0) is 7.11. The summed E-state index contributed by atoms with van der Waals surface area (Å²) in [5.41, 5.74) is 0. The van der Waals surface area contributed by atoms with Crippen LogP contribution in [-0.4, -0.2) is 5.33 Å². The van der Waals surface area contributed by atoms with Crippen LogP contribution in [0.3, 0.4) is 0 Å². The number of unbranched alkanes of at least 4 members (excludes halogenated alkanes) is 1. The Morgan fingerprint density at radius 2 is 2.33 bits per heavy atom. The molecule has 0 aromatic heterocycles. The quantitative estimate of drug-likeness (QED) is 0.355. The Morgan fingerprint density at radius 1 is 1.67 bits per heavy atom. The van der Waals surface area contributed by atoms with Crippen molar-refractivity contribution in [2.75, 3.05) is 5.33 Å². The average molecular weight is 191 g/mol. The lowest BCUT2D eigenvalue weighted by atomic mass is 10.1. The van der Waals surface area contributed by atoms with Gasteiger partial charge in [0.15, 0.2) is 0 Å². The molecule has 1 heteroatoms. The molecule has 0 N–H and O–H groups in total. The molecule has 0 heterocycles. The summed E-state index contributed by atoms with van der Waals surface area (Å²) >= 11 is 3.44. The third kappa shape index (κ3) is 6.10. The Balaban J connectivity index is 2.96. The fourth-order valence-corrected chi connectivity index (χ4v) is 1.01. The molecule has 0 amide bonds. The van der Waals surface area contributed by atoms with Gasteiger partial charge >= 0.3 is 0 Å². The Kier molecular flexibility index (Phi) is 6.50. The SMILES string of the molecule is C=CCCC[C@@H](C)CBr. The first-order chi connectivity index (χ1) is 4.31. The van der Waals surface area contributed by atoms with Gasteiger partial charge in [-0.15, -0.1) is 6.58 Å². The van der Waals surface area contributed by atoms with Crippen molar-refractivity contribution in [3.8, 4) is 0 Å². The van der Waals surface area contributed by atoms with Crippen LogP contribution in [0.15, 0.2) is 12.7 Å². The highest BCUT2D eigenvalue weighted by molar-refractivity contribution is 9.09. The first-order valence-electron chi connectivity index (χ1n) is 3.48. The van der Waals surface area contributed by atoms with Gasteiger partial charge in [0.2, 0.25) is 0 Å². The molecule has 0 nitrogen and oxygen atoms in total. The van der Waals surface area contributed by atoms with E-state index in [-0.39, 0.29) is 0 Å². The monoisotopic (exact) mass is 190 g/mol. The van der Waals surface area contributed by atoms with Crippen LogP contribution in [0.2, 0.25) is 0 Å². The second-order valence-corrected chi connectivity index (χ2v) is 3.13. The number of hydrogen-bond acceptors (Lipinski definition) is 0. The van der Waals surface area contributed by atoms with Gasteiger partial charge in [-0.2, -0.15) is 0 Å². The van der Waals surface area contributed by atoms with Crippen LogP contribution in [0.4, 0.5) is 0 Å². The van der Waals surface area contributed by atoms with Crippen LogP contribution < -0.4 is 0 Å². The highest BCUT2D eigenvalue weighted by Crippen LogP contribution is 2.09. The lowest BCUT2D eigenvalue weighted by Gasteiger charge is -2.03. The molecular weight excluding hydrogens is 176 g/mol. The first-order valence-corrected chi connectivity index (χ1v) is 4.60. The van der Waals surface area contributed by atoms with E-state index in [1.165, 1.54) is 12.8 Å². The molecule has 0 saturated heterocycles. The van der Waals surface area contributed by atoms with E-state index in [4.69, 9.17) is 0 Å². The lowest BCUT2D eigenvalue weighted by molar-refractivity contribution is 0.571. The highest BCUT2D eigenvalue weighted by Gasteiger charge is 1.96. The van der Waals surface area contributed by atoms with Crippen LogP contribution >= 0.6 is 15.9 Å². The van der Waals surface area contributed by atoms with E-state index in [2.05, 4.69) is 29.4 Å². The minimum Gasteiger partial charge on any atom is -0.103 e. The van der Waals surface area contributed by atoms with Gasteiger partial charge in [0.25, 0.3) is 0 Å². The number of alkyl halides is 1. The normalized spacial score (nSPS) is 13.1.